The Bertz CT molecular complexity index is 628. The highest BCUT2D eigenvalue weighted by molar-refractivity contribution is 5.77. The first-order chi connectivity index (χ1) is 10.7. The summed E-state index contributed by atoms with van der Waals surface area (Å²) in [5.74, 6) is 0.00730. The van der Waals surface area contributed by atoms with E-state index in [0.29, 0.717) is 0 Å². The van der Waals surface area contributed by atoms with Gasteiger partial charge in [0.15, 0.2) is 0 Å². The Hall–Kier alpha value is -2.82. The van der Waals surface area contributed by atoms with Gasteiger partial charge in [0.1, 0.15) is 0 Å². The highest BCUT2D eigenvalue weighted by atomic mass is 15.3. The van der Waals surface area contributed by atoms with Gasteiger partial charge in [0.25, 0.3) is 5.96 Å². The van der Waals surface area contributed by atoms with Crippen molar-refractivity contribution in [1.29, 1.82) is 0 Å². The van der Waals surface area contributed by atoms with E-state index in [1.54, 1.807) is 6.21 Å². The minimum absolute atomic E-state index is 0.00730. The second-order valence-corrected chi connectivity index (χ2v) is 4.90. The zero-order chi connectivity index (χ0) is 15.8. The molecular weight excluding hydrogens is 274 g/mol. The van der Waals surface area contributed by atoms with Crippen LogP contribution in [0, 0.1) is 0 Å². The Morgan fingerprint density at radius 2 is 1.77 bits per heavy atom. The number of nitrogens with zero attached hydrogens (tertiary/aromatic N) is 2. The molecule has 0 saturated heterocycles. The Kier molecular flexibility index (Phi) is 5.54. The van der Waals surface area contributed by atoms with Gasteiger partial charge in [0.2, 0.25) is 6.21 Å². The summed E-state index contributed by atoms with van der Waals surface area (Å²) in [5, 5.41) is 6.41. The van der Waals surface area contributed by atoms with E-state index >= 15 is 0 Å². The van der Waals surface area contributed by atoms with E-state index in [4.69, 9.17) is 11.5 Å². The molecule has 0 spiro atoms. The molecule has 5 N–H and O–H groups in total. The van der Waals surface area contributed by atoms with Crippen molar-refractivity contribution in [2.45, 2.75) is 13.5 Å². The van der Waals surface area contributed by atoms with Crippen LogP contribution in [0.25, 0.3) is 0 Å². The molecule has 0 aromatic heterocycles. The number of nitrogens with two attached hydrogens (primary N) is 2. The van der Waals surface area contributed by atoms with E-state index in [1.807, 2.05) is 18.2 Å². The molecule has 5 nitrogen and oxygen atoms in total. The van der Waals surface area contributed by atoms with Gasteiger partial charge < -0.3 is 16.4 Å². The Balaban J connectivity index is 2.07. The number of hydrazone groups is 1. The van der Waals surface area contributed by atoms with E-state index < -0.39 is 0 Å². The highest BCUT2D eigenvalue weighted by Gasteiger charge is 2.05. The third kappa shape index (κ3) is 4.63. The van der Waals surface area contributed by atoms with Gasteiger partial charge in [-0.15, -0.1) is 5.10 Å². The SMILES string of the molecule is CCN(Cc1ccccc1)c1ccc(/C=[NH+]\N=C(N)N)cc1. The van der Waals surface area contributed by atoms with Gasteiger partial charge in [-0.2, -0.15) is 0 Å². The molecule has 0 aliphatic carbocycles. The lowest BCUT2D eigenvalue weighted by Gasteiger charge is -2.23. The molecule has 2 aromatic carbocycles. The van der Waals surface area contributed by atoms with Crippen molar-refractivity contribution in [2.75, 3.05) is 11.4 Å². The van der Waals surface area contributed by atoms with Gasteiger partial charge in [-0.05, 0) is 36.8 Å². The van der Waals surface area contributed by atoms with Crippen LogP contribution in [-0.2, 0) is 6.54 Å². The molecule has 0 saturated carbocycles. The molecule has 0 atom stereocenters. The van der Waals surface area contributed by atoms with Crippen molar-refractivity contribution < 1.29 is 5.10 Å². The fraction of sp³-hybridized carbons (Fsp3) is 0.176. The van der Waals surface area contributed by atoms with Crippen molar-refractivity contribution in [3.05, 3.63) is 65.7 Å². The van der Waals surface area contributed by atoms with Gasteiger partial charge in [-0.3, -0.25) is 0 Å². The molecule has 0 radical (unpaired) electrons. The minimum atomic E-state index is 0.00730. The molecule has 0 aliphatic rings. The summed E-state index contributed by atoms with van der Waals surface area (Å²) in [5.41, 5.74) is 14.0. The zero-order valence-corrected chi connectivity index (χ0v) is 12.7. The number of hydrogen-bond donors (Lipinski definition) is 3. The van der Waals surface area contributed by atoms with Crippen LogP contribution >= 0.6 is 0 Å². The van der Waals surface area contributed by atoms with Crippen molar-refractivity contribution in [3.63, 3.8) is 0 Å². The number of nitrogens with one attached hydrogen (secondary N) is 1. The molecule has 114 valence electrons. The van der Waals surface area contributed by atoms with Crippen molar-refractivity contribution in [2.24, 2.45) is 16.6 Å². The maximum Gasteiger partial charge on any atom is 0.256 e. The van der Waals surface area contributed by atoms with Crippen LogP contribution in [0.5, 0.6) is 0 Å². The van der Waals surface area contributed by atoms with Crippen molar-refractivity contribution in [1.82, 2.24) is 0 Å². The highest BCUT2D eigenvalue weighted by Crippen LogP contribution is 2.17. The van der Waals surface area contributed by atoms with Gasteiger partial charge in [0.05, 0.1) is 0 Å². The molecular formula is C17H22N5+. The summed E-state index contributed by atoms with van der Waals surface area (Å²) in [6.45, 7) is 4.00. The van der Waals surface area contributed by atoms with Gasteiger partial charge >= 0.3 is 0 Å². The fourth-order valence-electron chi connectivity index (χ4n) is 2.15. The number of benzene rings is 2. The summed E-state index contributed by atoms with van der Waals surface area (Å²) in [7, 11) is 0. The third-order valence-electron chi connectivity index (χ3n) is 3.28. The van der Waals surface area contributed by atoms with E-state index in [-0.39, 0.29) is 5.96 Å². The van der Waals surface area contributed by atoms with E-state index in [0.717, 1.165) is 18.7 Å². The second kappa shape index (κ2) is 7.83. The number of guanidine groups is 1. The first-order valence-electron chi connectivity index (χ1n) is 7.25. The predicted molar refractivity (Wildman–Crippen MR) is 91.5 cm³/mol. The average molecular weight is 296 g/mol. The lowest BCUT2D eigenvalue weighted by atomic mass is 10.1. The summed E-state index contributed by atoms with van der Waals surface area (Å²) in [6, 6.07) is 18.7. The van der Waals surface area contributed by atoms with E-state index in [1.165, 1.54) is 11.3 Å². The molecule has 2 rings (SSSR count). The fourth-order valence-corrected chi connectivity index (χ4v) is 2.15. The molecule has 0 unspecified atom stereocenters. The summed E-state index contributed by atoms with van der Waals surface area (Å²) < 4.78 is 0. The molecule has 5 heteroatoms. The Morgan fingerprint density at radius 3 is 2.36 bits per heavy atom. The maximum absolute atomic E-state index is 5.25. The molecule has 0 amide bonds. The summed E-state index contributed by atoms with van der Waals surface area (Å²) in [4.78, 5) is 2.32. The minimum Gasteiger partial charge on any atom is -0.367 e. The molecule has 0 heterocycles. The first-order valence-corrected chi connectivity index (χ1v) is 7.25. The van der Waals surface area contributed by atoms with Crippen LogP contribution in [0.2, 0.25) is 0 Å². The molecule has 0 fully saturated rings. The number of anilines is 1. The standard InChI is InChI=1S/C17H21N5/c1-2-22(13-15-6-4-3-5-7-15)16-10-8-14(9-11-16)12-20-21-17(18)19/h3-12H,2,13H2,1H3,(H4,18,19,21)/p+1/b20-12-. The lowest BCUT2D eigenvalue weighted by Crippen LogP contribution is -2.63. The smallest absolute Gasteiger partial charge is 0.256 e. The largest absolute Gasteiger partial charge is 0.367 e. The summed E-state index contributed by atoms with van der Waals surface area (Å²) >= 11 is 0. The van der Waals surface area contributed by atoms with Gasteiger partial charge in [-0.1, -0.05) is 30.3 Å². The van der Waals surface area contributed by atoms with E-state index in [9.17, 15) is 0 Å². The third-order valence-corrected chi connectivity index (χ3v) is 3.28. The Labute approximate surface area is 131 Å². The predicted octanol–water partition coefficient (Wildman–Crippen LogP) is 0.401. The maximum atomic E-state index is 5.25. The average Bonchev–Trinajstić information content (AvgIpc) is 2.54. The normalized spacial score (nSPS) is 10.6. The quantitative estimate of drug-likeness (QED) is 0.410. The Morgan fingerprint density at radius 1 is 1.09 bits per heavy atom. The number of hydrogen-bond acceptors (Lipinski definition) is 2. The van der Waals surface area contributed by atoms with Crippen molar-refractivity contribution >= 4 is 17.9 Å². The molecule has 2 aromatic rings. The second-order valence-electron chi connectivity index (χ2n) is 4.90. The first kappa shape index (κ1) is 15.6. The van der Waals surface area contributed by atoms with Gasteiger partial charge in [-0.25, -0.2) is 0 Å². The summed E-state index contributed by atoms with van der Waals surface area (Å²) in [6.07, 6.45) is 1.75. The van der Waals surface area contributed by atoms with E-state index in [2.05, 4.69) is 58.4 Å². The molecule has 0 aliphatic heterocycles. The lowest BCUT2D eigenvalue weighted by molar-refractivity contribution is -0.456. The van der Waals surface area contributed by atoms with Crippen LogP contribution < -0.4 is 21.5 Å². The van der Waals surface area contributed by atoms with Crippen LogP contribution in [0.3, 0.4) is 0 Å². The van der Waals surface area contributed by atoms with Gasteiger partial charge in [0, 0.05) is 29.4 Å². The topological polar surface area (TPSA) is 81.6 Å². The van der Waals surface area contributed by atoms with Crippen LogP contribution in [-0.4, -0.2) is 18.7 Å². The zero-order valence-electron chi connectivity index (χ0n) is 12.7. The molecule has 22 heavy (non-hydrogen) atoms. The number of rotatable bonds is 6. The molecule has 0 bridgehead atoms. The van der Waals surface area contributed by atoms with Crippen molar-refractivity contribution in [3.8, 4) is 0 Å². The van der Waals surface area contributed by atoms with Crippen LogP contribution in [0.4, 0.5) is 5.69 Å². The van der Waals surface area contributed by atoms with Crippen LogP contribution in [0.15, 0.2) is 59.7 Å². The van der Waals surface area contributed by atoms with Crippen LogP contribution in [0.1, 0.15) is 18.1 Å². The monoisotopic (exact) mass is 296 g/mol.